The summed E-state index contributed by atoms with van der Waals surface area (Å²) in [6.07, 6.45) is 0. The van der Waals surface area contributed by atoms with E-state index in [1.165, 1.54) is 0 Å². The Bertz CT molecular complexity index is 3620. The Labute approximate surface area is 280 Å². The van der Waals surface area contributed by atoms with E-state index in [0.29, 0.717) is 5.39 Å². The predicted molar refractivity (Wildman–Crippen MR) is 183 cm³/mol. The second-order valence-electron chi connectivity index (χ2n) is 9.55. The number of rotatable bonds is 3. The van der Waals surface area contributed by atoms with Crippen molar-refractivity contribution in [3.05, 3.63) is 157 Å². The van der Waals surface area contributed by atoms with Crippen LogP contribution in [0.1, 0.15) is 30.2 Å². The van der Waals surface area contributed by atoms with Crippen molar-refractivity contribution in [1.29, 1.82) is 0 Å². The largest absolute Gasteiger partial charge is 0.456 e. The maximum absolute atomic E-state index is 9.49. The molecular formula is C42H26O. The highest BCUT2D eigenvalue weighted by Gasteiger charge is 2.18. The van der Waals surface area contributed by atoms with E-state index < -0.39 is 199 Å². The van der Waals surface area contributed by atoms with Gasteiger partial charge in [0, 0.05) is 10.8 Å². The molecule has 1 heteroatoms. The molecule has 1 nitrogen and oxygen atoms in total. The van der Waals surface area contributed by atoms with Crippen molar-refractivity contribution in [3.8, 4) is 33.4 Å². The van der Waals surface area contributed by atoms with Crippen LogP contribution in [0.4, 0.5) is 0 Å². The Kier molecular flexibility index (Phi) is 2.39. The van der Waals surface area contributed by atoms with Crippen molar-refractivity contribution >= 4 is 54.3 Å². The average molecular weight is 569 g/mol. The van der Waals surface area contributed by atoms with Gasteiger partial charge in [-0.15, -0.1) is 0 Å². The number of fused-ring (bicyclic) bond motifs is 6. The standard InChI is InChI=1S/C42H26O/c1-2-12-31-27(10-1)11-9-18-32(31)28-20-22-29(23-21-28)41-35-14-3-5-16-37(35)42(38-17-6-4-15-36(38)41)30-24-25-34-33-13-7-8-19-39(33)43-40(34)26-30/h1-26H/i1D,2D,3D,4D,5D,6D,9D,10D,11D,12D,14D,15D,16D,17D,18D,20D,21D,22D,23D,24D,25D,26D. The molecule has 0 spiro atoms. The second-order valence-corrected chi connectivity index (χ2v) is 9.55. The van der Waals surface area contributed by atoms with Crippen molar-refractivity contribution < 1.29 is 34.6 Å². The minimum atomic E-state index is -1.01. The van der Waals surface area contributed by atoms with Gasteiger partial charge in [0.25, 0.3) is 0 Å². The van der Waals surface area contributed by atoms with Crippen LogP contribution in [0.25, 0.3) is 87.6 Å². The molecule has 0 bridgehead atoms. The van der Waals surface area contributed by atoms with Crippen LogP contribution in [0.2, 0.25) is 0 Å². The summed E-state index contributed by atoms with van der Waals surface area (Å²) in [6, 6.07) is -12.0. The normalized spacial score (nSPS) is 18.9. The molecule has 9 rings (SSSR count). The molecule has 1 aromatic heterocycles. The van der Waals surface area contributed by atoms with Gasteiger partial charge in [0.15, 0.2) is 0 Å². The van der Waals surface area contributed by atoms with Gasteiger partial charge in [-0.1, -0.05) is 139 Å². The van der Waals surface area contributed by atoms with Gasteiger partial charge in [-0.25, -0.2) is 0 Å². The van der Waals surface area contributed by atoms with Gasteiger partial charge in [-0.2, -0.15) is 0 Å². The molecule has 0 N–H and O–H groups in total. The zero-order chi connectivity index (χ0) is 47.5. The lowest BCUT2D eigenvalue weighted by Crippen LogP contribution is -1.91. The maximum atomic E-state index is 9.49. The SMILES string of the molecule is [2H]c1c([2H])c(-c2c3c([2H])c([2H])c([2H])c([2H])c3c(-c3c([2H])c([2H])c4c(oc5ccccc54)c3[2H])c3c([2H])c([2H])c([2H])c([2H])c23)c([2H])c([2H])c1-c1c([2H])c([2H])c([2H])c2c([2H])c([2H])c([2H])c([2H])c12. The molecular weight excluding hydrogens is 520 g/mol. The Morgan fingerprint density at radius 2 is 0.953 bits per heavy atom. The van der Waals surface area contributed by atoms with Gasteiger partial charge in [0.2, 0.25) is 0 Å². The number of benzene rings is 8. The van der Waals surface area contributed by atoms with Crippen LogP contribution in [0, 0.1) is 0 Å². The van der Waals surface area contributed by atoms with Crippen molar-refractivity contribution in [2.75, 3.05) is 0 Å². The predicted octanol–water partition coefficient (Wildman–Crippen LogP) is 12.0. The fourth-order valence-electron chi connectivity index (χ4n) is 5.34. The van der Waals surface area contributed by atoms with E-state index >= 15 is 0 Å². The van der Waals surface area contributed by atoms with E-state index in [9.17, 15) is 13.7 Å². The summed E-state index contributed by atoms with van der Waals surface area (Å²) in [4.78, 5) is 0. The summed E-state index contributed by atoms with van der Waals surface area (Å²) in [5, 5.41) is -3.00. The Balaban J connectivity index is 1.55. The molecule has 8 aromatic carbocycles. The van der Waals surface area contributed by atoms with Gasteiger partial charge in [-0.05, 0) is 83.8 Å². The van der Waals surface area contributed by atoms with Crippen LogP contribution in [0.3, 0.4) is 0 Å². The molecule has 0 fully saturated rings. The fraction of sp³-hybridized carbons (Fsp3) is 0. The first-order chi connectivity index (χ1) is 30.5. The smallest absolute Gasteiger partial charge is 0.136 e. The molecule has 1 heterocycles. The molecule has 43 heavy (non-hydrogen) atoms. The van der Waals surface area contributed by atoms with Crippen molar-refractivity contribution in [1.82, 2.24) is 0 Å². The van der Waals surface area contributed by atoms with Crippen LogP contribution in [0.5, 0.6) is 0 Å². The lowest BCUT2D eigenvalue weighted by Gasteiger charge is -2.18. The van der Waals surface area contributed by atoms with E-state index in [1.807, 2.05) is 0 Å². The summed E-state index contributed by atoms with van der Waals surface area (Å²) >= 11 is 0. The third-order valence-corrected chi connectivity index (χ3v) is 7.21. The number of para-hydroxylation sites is 1. The quantitative estimate of drug-likeness (QED) is 0.193. The summed E-state index contributed by atoms with van der Waals surface area (Å²) in [6.45, 7) is 0. The first-order valence-corrected chi connectivity index (χ1v) is 13.0. The van der Waals surface area contributed by atoms with Gasteiger partial charge >= 0.3 is 0 Å². The van der Waals surface area contributed by atoms with Crippen LogP contribution < -0.4 is 0 Å². The summed E-state index contributed by atoms with van der Waals surface area (Å²) in [5.74, 6) is 0. The van der Waals surface area contributed by atoms with E-state index in [2.05, 4.69) is 0 Å². The molecule has 9 aromatic rings. The average Bonchev–Trinajstić information content (AvgIpc) is 3.68. The maximum Gasteiger partial charge on any atom is 0.136 e. The minimum Gasteiger partial charge on any atom is -0.456 e. The van der Waals surface area contributed by atoms with Crippen LogP contribution >= 0.6 is 0 Å². The van der Waals surface area contributed by atoms with Gasteiger partial charge in [0.1, 0.15) is 11.2 Å². The van der Waals surface area contributed by atoms with Crippen molar-refractivity contribution in [2.45, 2.75) is 0 Å². The Hall–Kier alpha value is -5.66. The monoisotopic (exact) mass is 568 g/mol. The van der Waals surface area contributed by atoms with Crippen LogP contribution in [0.15, 0.2) is 162 Å². The number of furan rings is 1. The molecule has 0 aliphatic heterocycles. The van der Waals surface area contributed by atoms with E-state index in [-0.39, 0.29) is 16.6 Å². The molecule has 0 aliphatic carbocycles. The third-order valence-electron chi connectivity index (χ3n) is 7.21. The van der Waals surface area contributed by atoms with E-state index in [1.54, 1.807) is 24.3 Å². The molecule has 0 aliphatic rings. The topological polar surface area (TPSA) is 13.1 Å². The van der Waals surface area contributed by atoms with Gasteiger partial charge < -0.3 is 4.42 Å². The second kappa shape index (κ2) is 9.44. The Morgan fingerprint density at radius 1 is 0.395 bits per heavy atom. The summed E-state index contributed by atoms with van der Waals surface area (Å²) < 4.78 is 204. The molecule has 0 saturated heterocycles. The number of hydrogen-bond acceptors (Lipinski definition) is 1. The van der Waals surface area contributed by atoms with Crippen molar-refractivity contribution in [3.63, 3.8) is 0 Å². The summed E-state index contributed by atoms with van der Waals surface area (Å²) in [7, 11) is 0. The first-order valence-electron chi connectivity index (χ1n) is 24.0. The molecule has 200 valence electrons. The molecule has 0 unspecified atom stereocenters. The van der Waals surface area contributed by atoms with Gasteiger partial charge in [-0.3, -0.25) is 0 Å². The summed E-state index contributed by atoms with van der Waals surface area (Å²) in [5.41, 5.74) is -3.81. The molecule has 0 radical (unpaired) electrons. The van der Waals surface area contributed by atoms with Crippen molar-refractivity contribution in [2.24, 2.45) is 0 Å². The number of hydrogen-bond donors (Lipinski definition) is 0. The van der Waals surface area contributed by atoms with E-state index in [0.717, 1.165) is 0 Å². The third kappa shape index (κ3) is 3.72. The highest BCUT2D eigenvalue weighted by Crippen LogP contribution is 2.45. The van der Waals surface area contributed by atoms with Crippen LogP contribution in [-0.4, -0.2) is 0 Å². The molecule has 0 amide bonds. The lowest BCUT2D eigenvalue weighted by atomic mass is 9.85. The van der Waals surface area contributed by atoms with E-state index in [4.69, 9.17) is 20.9 Å². The van der Waals surface area contributed by atoms with Crippen LogP contribution in [-0.2, 0) is 0 Å². The highest BCUT2D eigenvalue weighted by atomic mass is 16.3. The zero-order valence-corrected chi connectivity index (χ0v) is 21.7. The Morgan fingerprint density at radius 3 is 1.67 bits per heavy atom. The fourth-order valence-corrected chi connectivity index (χ4v) is 5.34. The molecule has 0 saturated carbocycles. The zero-order valence-electron chi connectivity index (χ0n) is 43.7. The lowest BCUT2D eigenvalue weighted by molar-refractivity contribution is 0.669. The minimum absolute atomic E-state index is 0.0613. The first kappa shape index (κ1) is 10.9. The highest BCUT2D eigenvalue weighted by molar-refractivity contribution is 6.22. The molecule has 0 atom stereocenters. The van der Waals surface area contributed by atoms with Gasteiger partial charge in [0.05, 0.1) is 30.2 Å².